The van der Waals surface area contributed by atoms with Gasteiger partial charge in [0.25, 0.3) is 0 Å². The number of aromatic nitrogens is 1. The van der Waals surface area contributed by atoms with Crippen molar-refractivity contribution in [1.29, 1.82) is 0 Å². The molecular weight excluding hydrogens is 823 g/mol. The SMILES string of the molecule is CC1=C/C=C(c2ccccc2)/N=C(c2ccc3sc4ccccc4c3c2)\N=C\1c1cc2c(cc1-n1c3cc4ccccc4cc3c3cc4ccccc4cc31)oc1cc3ccccc3cc12. The fourth-order valence-corrected chi connectivity index (χ4v) is 11.3. The third kappa shape index (κ3) is 5.77. The Bertz CT molecular complexity index is 4250. The lowest BCUT2D eigenvalue weighted by atomic mass is 9.96. The molecule has 10 aromatic carbocycles. The molecule has 13 aromatic rings. The molecule has 66 heavy (non-hydrogen) atoms. The largest absolute Gasteiger partial charge is 0.456 e. The summed E-state index contributed by atoms with van der Waals surface area (Å²) >= 11 is 1.82. The highest BCUT2D eigenvalue weighted by Crippen LogP contribution is 2.42. The van der Waals surface area contributed by atoms with Gasteiger partial charge in [-0.05, 0) is 118 Å². The Labute approximate surface area is 383 Å². The van der Waals surface area contributed by atoms with Crippen molar-refractivity contribution in [3.8, 4) is 5.69 Å². The number of hydrogen-bond donors (Lipinski definition) is 0. The third-order valence-corrected chi connectivity index (χ3v) is 14.6. The van der Waals surface area contributed by atoms with Crippen LogP contribution in [0, 0.1) is 0 Å². The van der Waals surface area contributed by atoms with Crippen molar-refractivity contribution >= 4 is 125 Å². The van der Waals surface area contributed by atoms with Crippen LogP contribution in [0.2, 0.25) is 0 Å². The van der Waals surface area contributed by atoms with Crippen LogP contribution >= 0.6 is 11.3 Å². The zero-order valence-electron chi connectivity index (χ0n) is 35.8. The van der Waals surface area contributed by atoms with Crippen LogP contribution in [0.25, 0.3) is 108 Å². The first kappa shape index (κ1) is 37.0. The average Bonchev–Trinajstić information content (AvgIpc) is 4.01. The van der Waals surface area contributed by atoms with Gasteiger partial charge in [0.1, 0.15) is 11.2 Å². The summed E-state index contributed by atoms with van der Waals surface area (Å²) in [5.41, 5.74) is 10.6. The van der Waals surface area contributed by atoms with Crippen LogP contribution in [-0.2, 0) is 0 Å². The molecule has 4 heterocycles. The van der Waals surface area contributed by atoms with Gasteiger partial charge < -0.3 is 8.98 Å². The van der Waals surface area contributed by atoms with E-state index in [1.807, 2.05) is 17.4 Å². The van der Waals surface area contributed by atoms with Crippen molar-refractivity contribution < 1.29 is 4.42 Å². The van der Waals surface area contributed by atoms with Crippen LogP contribution in [0.4, 0.5) is 0 Å². The van der Waals surface area contributed by atoms with Gasteiger partial charge in [0.2, 0.25) is 0 Å². The van der Waals surface area contributed by atoms with Crippen LogP contribution in [0.1, 0.15) is 23.6 Å². The van der Waals surface area contributed by atoms with E-state index in [2.05, 4.69) is 212 Å². The maximum absolute atomic E-state index is 6.90. The Morgan fingerprint density at radius 3 is 1.68 bits per heavy atom. The molecule has 3 aromatic heterocycles. The predicted octanol–water partition coefficient (Wildman–Crippen LogP) is 16.7. The minimum Gasteiger partial charge on any atom is -0.456 e. The van der Waals surface area contributed by atoms with Crippen molar-refractivity contribution in [2.24, 2.45) is 9.98 Å². The van der Waals surface area contributed by atoms with Crippen LogP contribution in [0.3, 0.4) is 0 Å². The van der Waals surface area contributed by atoms with Gasteiger partial charge in [0.05, 0.1) is 28.1 Å². The van der Waals surface area contributed by atoms with Crippen LogP contribution in [-0.4, -0.2) is 16.1 Å². The van der Waals surface area contributed by atoms with Gasteiger partial charge >= 0.3 is 0 Å². The number of nitrogens with zero attached hydrogens (tertiary/aromatic N) is 3. The lowest BCUT2D eigenvalue weighted by Gasteiger charge is -2.18. The molecule has 0 aliphatic carbocycles. The zero-order chi connectivity index (χ0) is 43.5. The number of hydrogen-bond acceptors (Lipinski definition) is 4. The van der Waals surface area contributed by atoms with Crippen LogP contribution in [0.5, 0.6) is 0 Å². The minimum absolute atomic E-state index is 0.651. The van der Waals surface area contributed by atoms with Gasteiger partial charge in [0.15, 0.2) is 5.84 Å². The Morgan fingerprint density at radius 1 is 0.424 bits per heavy atom. The molecule has 0 spiro atoms. The monoisotopic (exact) mass is 859 g/mol. The molecule has 14 rings (SSSR count). The van der Waals surface area contributed by atoms with E-state index in [0.717, 1.165) is 77.7 Å². The first-order chi connectivity index (χ1) is 32.6. The maximum atomic E-state index is 6.90. The minimum atomic E-state index is 0.651. The second-order valence-electron chi connectivity index (χ2n) is 17.4. The van der Waals surface area contributed by atoms with Gasteiger partial charge in [-0.1, -0.05) is 127 Å². The molecular formula is C61H37N3OS. The zero-order valence-corrected chi connectivity index (χ0v) is 36.6. The van der Waals surface area contributed by atoms with Crippen molar-refractivity contribution in [2.75, 3.05) is 0 Å². The molecule has 0 N–H and O–H groups in total. The third-order valence-electron chi connectivity index (χ3n) is 13.5. The molecule has 0 atom stereocenters. The summed E-state index contributed by atoms with van der Waals surface area (Å²) in [5.74, 6) is 0.651. The first-order valence-electron chi connectivity index (χ1n) is 22.4. The maximum Gasteiger partial charge on any atom is 0.160 e. The number of amidine groups is 1. The highest BCUT2D eigenvalue weighted by molar-refractivity contribution is 7.25. The van der Waals surface area contributed by atoms with Gasteiger partial charge in [-0.3, -0.25) is 0 Å². The van der Waals surface area contributed by atoms with E-state index in [-0.39, 0.29) is 0 Å². The smallest absolute Gasteiger partial charge is 0.160 e. The van der Waals surface area contributed by atoms with Crippen LogP contribution < -0.4 is 0 Å². The standard InChI is InChI=1S/C61H37N3OS/c1-36-23-25-52(37-13-3-2-4-14-37)62-61(44-24-26-59-50(30-44)45-21-11-12-22-58(45)66-59)63-60(36)51-34-49-48-29-40-17-7-10-20-43(40)33-56(48)65-57(49)35-55(51)64-53-31-41-18-8-5-15-38(41)27-46(53)47-28-39-16-6-9-19-42(39)32-54(47)64/h2-35H,1H3/b25-23?,36-23-,52-25+,60-36?,62-52?,62-61-,63-60-,63-61?. The molecule has 0 bridgehead atoms. The van der Waals surface area contributed by atoms with E-state index in [1.165, 1.54) is 57.9 Å². The van der Waals surface area contributed by atoms with Gasteiger partial charge in [-0.15, -0.1) is 11.3 Å². The molecule has 0 saturated heterocycles. The van der Waals surface area contributed by atoms with Crippen LogP contribution in [0.15, 0.2) is 226 Å². The quantitative estimate of drug-likeness (QED) is 0.174. The summed E-state index contributed by atoms with van der Waals surface area (Å²) in [5, 5.41) is 14.0. The Kier molecular flexibility index (Phi) is 8.03. The number of benzene rings is 10. The molecule has 0 saturated carbocycles. The van der Waals surface area contributed by atoms with E-state index in [0.29, 0.717) is 5.84 Å². The first-order valence-corrected chi connectivity index (χ1v) is 23.2. The number of furan rings is 1. The lowest BCUT2D eigenvalue weighted by molar-refractivity contribution is 0.669. The Hall–Kier alpha value is -8.38. The van der Waals surface area contributed by atoms with E-state index < -0.39 is 0 Å². The molecule has 1 aliphatic rings. The van der Waals surface area contributed by atoms with E-state index in [9.17, 15) is 0 Å². The van der Waals surface area contributed by atoms with Gasteiger partial charge in [-0.25, -0.2) is 9.98 Å². The number of rotatable bonds is 4. The Balaban J connectivity index is 1.11. The van der Waals surface area contributed by atoms with Gasteiger partial charge in [-0.2, -0.15) is 0 Å². The normalized spacial score (nSPS) is 16.7. The molecule has 1 aliphatic heterocycles. The van der Waals surface area contributed by atoms with E-state index in [4.69, 9.17) is 14.4 Å². The molecule has 0 amide bonds. The second-order valence-corrected chi connectivity index (χ2v) is 18.5. The molecule has 4 nitrogen and oxygen atoms in total. The van der Waals surface area contributed by atoms with E-state index >= 15 is 0 Å². The highest BCUT2D eigenvalue weighted by atomic mass is 32.1. The predicted molar refractivity (Wildman–Crippen MR) is 281 cm³/mol. The summed E-state index contributed by atoms with van der Waals surface area (Å²) in [7, 11) is 0. The Morgan fingerprint density at radius 2 is 0.985 bits per heavy atom. The fourth-order valence-electron chi connectivity index (χ4n) is 10.2. The van der Waals surface area contributed by atoms with Crippen molar-refractivity contribution in [3.63, 3.8) is 0 Å². The van der Waals surface area contributed by atoms with E-state index in [1.54, 1.807) is 0 Å². The number of fused-ring (bicyclic) bond motifs is 12. The highest BCUT2D eigenvalue weighted by Gasteiger charge is 2.24. The number of aliphatic imine (C=N–C) groups is 2. The fraction of sp³-hybridized carbons (Fsp3) is 0.0164. The molecule has 0 unspecified atom stereocenters. The molecule has 5 heteroatoms. The van der Waals surface area contributed by atoms with Gasteiger partial charge in [0, 0.05) is 64.5 Å². The molecule has 0 fully saturated rings. The van der Waals surface area contributed by atoms with Crippen molar-refractivity contribution in [3.05, 3.63) is 229 Å². The second kappa shape index (κ2) is 14.3. The lowest BCUT2D eigenvalue weighted by Crippen LogP contribution is -2.13. The van der Waals surface area contributed by atoms with Crippen molar-refractivity contribution in [2.45, 2.75) is 6.92 Å². The molecule has 0 radical (unpaired) electrons. The summed E-state index contributed by atoms with van der Waals surface area (Å²) in [6.45, 7) is 2.18. The summed E-state index contributed by atoms with van der Waals surface area (Å²) < 4.78 is 11.9. The number of allylic oxidation sites excluding steroid dienone is 3. The van der Waals surface area contributed by atoms with Crippen molar-refractivity contribution in [1.82, 2.24) is 4.57 Å². The number of thiophene rings is 1. The topological polar surface area (TPSA) is 42.8 Å². The summed E-state index contributed by atoms with van der Waals surface area (Å²) in [6, 6.07) is 70.0. The average molecular weight is 860 g/mol. The molecule has 308 valence electrons. The summed E-state index contributed by atoms with van der Waals surface area (Å²) in [6.07, 6.45) is 4.33. The summed E-state index contributed by atoms with van der Waals surface area (Å²) in [4.78, 5) is 11.3.